The van der Waals surface area contributed by atoms with Gasteiger partial charge in [0.15, 0.2) is 0 Å². The molecule has 0 saturated heterocycles. The molecular weight excluding hydrogens is 292 g/mol. The second-order valence-corrected chi connectivity index (χ2v) is 5.11. The van der Waals surface area contributed by atoms with E-state index in [1.54, 1.807) is 12.3 Å². The number of hydrogen-bond donors (Lipinski definition) is 1. The standard InChI is InChI=1S/C13H15BrN4/c1-18(8-10-2-4-11(14)5-3-10)9-13-16-7-6-12(15)17-13/h2-7H,8-9H2,1H3,(H2,15,16,17). The van der Waals surface area contributed by atoms with Crippen LogP contribution in [-0.4, -0.2) is 21.9 Å². The Morgan fingerprint density at radius 1 is 1.17 bits per heavy atom. The fourth-order valence-electron chi connectivity index (χ4n) is 1.69. The Morgan fingerprint density at radius 3 is 2.56 bits per heavy atom. The van der Waals surface area contributed by atoms with Crippen molar-refractivity contribution < 1.29 is 0 Å². The van der Waals surface area contributed by atoms with Gasteiger partial charge in [0.1, 0.15) is 11.6 Å². The van der Waals surface area contributed by atoms with Gasteiger partial charge in [0.2, 0.25) is 0 Å². The predicted octanol–water partition coefficient (Wildman–Crippen LogP) is 2.45. The van der Waals surface area contributed by atoms with Gasteiger partial charge in [-0.25, -0.2) is 9.97 Å². The SMILES string of the molecule is CN(Cc1ccc(Br)cc1)Cc1nccc(N)n1. The van der Waals surface area contributed by atoms with Gasteiger partial charge in [-0.2, -0.15) is 0 Å². The Labute approximate surface area is 115 Å². The Morgan fingerprint density at radius 2 is 1.89 bits per heavy atom. The minimum Gasteiger partial charge on any atom is -0.384 e. The van der Waals surface area contributed by atoms with Gasteiger partial charge in [-0.1, -0.05) is 28.1 Å². The second kappa shape index (κ2) is 5.93. The van der Waals surface area contributed by atoms with Crippen molar-refractivity contribution in [3.8, 4) is 0 Å². The van der Waals surface area contributed by atoms with Crippen LogP contribution in [0.1, 0.15) is 11.4 Å². The monoisotopic (exact) mass is 306 g/mol. The van der Waals surface area contributed by atoms with Crippen molar-refractivity contribution >= 4 is 21.7 Å². The summed E-state index contributed by atoms with van der Waals surface area (Å²) in [6.45, 7) is 1.53. The Kier molecular flexibility index (Phi) is 4.28. The lowest BCUT2D eigenvalue weighted by atomic mass is 10.2. The lowest BCUT2D eigenvalue weighted by Crippen LogP contribution is -2.19. The first-order valence-corrected chi connectivity index (χ1v) is 6.43. The molecule has 0 aliphatic rings. The molecule has 1 aromatic heterocycles. The molecule has 0 spiro atoms. The molecule has 0 aliphatic heterocycles. The fraction of sp³-hybridized carbons (Fsp3) is 0.231. The number of hydrogen-bond acceptors (Lipinski definition) is 4. The van der Waals surface area contributed by atoms with Crippen molar-refractivity contribution in [3.05, 3.63) is 52.4 Å². The zero-order valence-electron chi connectivity index (χ0n) is 10.2. The van der Waals surface area contributed by atoms with E-state index in [0.29, 0.717) is 12.4 Å². The van der Waals surface area contributed by atoms with E-state index in [1.165, 1.54) is 5.56 Å². The summed E-state index contributed by atoms with van der Waals surface area (Å²) in [5.74, 6) is 1.26. The smallest absolute Gasteiger partial charge is 0.144 e. The number of nitrogens with zero attached hydrogens (tertiary/aromatic N) is 3. The number of nitrogen functional groups attached to an aromatic ring is 1. The summed E-state index contributed by atoms with van der Waals surface area (Å²) in [6, 6.07) is 9.97. The molecule has 0 fully saturated rings. The Hall–Kier alpha value is -1.46. The summed E-state index contributed by atoms with van der Waals surface area (Å²) in [4.78, 5) is 10.5. The van der Waals surface area contributed by atoms with Crippen LogP contribution in [0.5, 0.6) is 0 Å². The number of nitrogens with two attached hydrogens (primary N) is 1. The van der Waals surface area contributed by atoms with Gasteiger partial charge in [0.25, 0.3) is 0 Å². The van der Waals surface area contributed by atoms with E-state index in [0.717, 1.165) is 16.8 Å². The van der Waals surface area contributed by atoms with Gasteiger partial charge in [-0.3, -0.25) is 4.90 Å². The van der Waals surface area contributed by atoms with Crippen LogP contribution < -0.4 is 5.73 Å². The van der Waals surface area contributed by atoms with Crippen molar-refractivity contribution in [1.82, 2.24) is 14.9 Å². The molecule has 5 heteroatoms. The van der Waals surface area contributed by atoms with Gasteiger partial charge >= 0.3 is 0 Å². The zero-order chi connectivity index (χ0) is 13.0. The highest BCUT2D eigenvalue weighted by Crippen LogP contribution is 2.12. The van der Waals surface area contributed by atoms with Crippen molar-refractivity contribution in [2.45, 2.75) is 13.1 Å². The van der Waals surface area contributed by atoms with Crippen LogP contribution in [0, 0.1) is 0 Å². The topological polar surface area (TPSA) is 55.0 Å². The van der Waals surface area contributed by atoms with Crippen LogP contribution in [0.15, 0.2) is 41.0 Å². The molecule has 1 heterocycles. The van der Waals surface area contributed by atoms with Gasteiger partial charge in [-0.05, 0) is 30.8 Å². The Balaban J connectivity index is 1.96. The molecule has 0 amide bonds. The molecule has 0 unspecified atom stereocenters. The van der Waals surface area contributed by atoms with Crippen LogP contribution in [0.2, 0.25) is 0 Å². The van der Waals surface area contributed by atoms with Crippen molar-refractivity contribution in [1.29, 1.82) is 0 Å². The first kappa shape index (κ1) is 13.0. The lowest BCUT2D eigenvalue weighted by Gasteiger charge is -2.15. The summed E-state index contributed by atoms with van der Waals surface area (Å²) in [7, 11) is 2.04. The molecule has 0 atom stereocenters. The van der Waals surface area contributed by atoms with Crippen LogP contribution in [0.25, 0.3) is 0 Å². The molecule has 0 aliphatic carbocycles. The third-order valence-electron chi connectivity index (χ3n) is 2.50. The largest absolute Gasteiger partial charge is 0.384 e. The maximum absolute atomic E-state index is 5.63. The van der Waals surface area contributed by atoms with E-state index in [1.807, 2.05) is 19.2 Å². The van der Waals surface area contributed by atoms with Crippen LogP contribution in [0.4, 0.5) is 5.82 Å². The van der Waals surface area contributed by atoms with Gasteiger partial charge < -0.3 is 5.73 Å². The van der Waals surface area contributed by atoms with Crippen molar-refractivity contribution in [3.63, 3.8) is 0 Å². The van der Waals surface area contributed by atoms with E-state index in [4.69, 9.17) is 5.73 Å². The number of rotatable bonds is 4. The second-order valence-electron chi connectivity index (χ2n) is 4.20. The number of benzene rings is 1. The van der Waals surface area contributed by atoms with Crippen LogP contribution >= 0.6 is 15.9 Å². The summed E-state index contributed by atoms with van der Waals surface area (Å²) in [6.07, 6.45) is 1.69. The molecule has 18 heavy (non-hydrogen) atoms. The molecule has 4 nitrogen and oxygen atoms in total. The zero-order valence-corrected chi connectivity index (χ0v) is 11.8. The summed E-state index contributed by atoms with van der Waals surface area (Å²) >= 11 is 3.43. The first-order chi connectivity index (χ1) is 8.63. The van der Waals surface area contributed by atoms with E-state index in [9.17, 15) is 0 Å². The molecule has 2 aromatic rings. The van der Waals surface area contributed by atoms with Gasteiger partial charge in [-0.15, -0.1) is 0 Å². The quantitative estimate of drug-likeness (QED) is 0.942. The van der Waals surface area contributed by atoms with E-state index in [-0.39, 0.29) is 0 Å². The maximum atomic E-state index is 5.63. The minimum atomic E-state index is 0.511. The predicted molar refractivity (Wildman–Crippen MR) is 75.8 cm³/mol. The third kappa shape index (κ3) is 3.78. The number of halogens is 1. The van der Waals surface area contributed by atoms with Crippen LogP contribution in [0.3, 0.4) is 0 Å². The van der Waals surface area contributed by atoms with Gasteiger partial charge in [0, 0.05) is 17.2 Å². The summed E-state index contributed by atoms with van der Waals surface area (Å²) in [5, 5.41) is 0. The number of aromatic nitrogens is 2. The molecular formula is C13H15BrN4. The fourth-order valence-corrected chi connectivity index (χ4v) is 1.95. The van der Waals surface area contributed by atoms with Crippen molar-refractivity contribution in [2.24, 2.45) is 0 Å². The molecule has 0 bridgehead atoms. The Bertz CT molecular complexity index is 513. The number of anilines is 1. The maximum Gasteiger partial charge on any atom is 0.144 e. The van der Waals surface area contributed by atoms with E-state index >= 15 is 0 Å². The van der Waals surface area contributed by atoms with E-state index in [2.05, 4.69) is 42.9 Å². The molecule has 2 rings (SSSR count). The highest BCUT2D eigenvalue weighted by molar-refractivity contribution is 9.10. The molecule has 94 valence electrons. The minimum absolute atomic E-state index is 0.511. The highest BCUT2D eigenvalue weighted by Gasteiger charge is 2.04. The molecule has 0 saturated carbocycles. The summed E-state index contributed by atoms with van der Waals surface area (Å²) in [5.41, 5.74) is 6.88. The van der Waals surface area contributed by atoms with E-state index < -0.39 is 0 Å². The summed E-state index contributed by atoms with van der Waals surface area (Å²) < 4.78 is 1.09. The molecule has 2 N–H and O–H groups in total. The first-order valence-electron chi connectivity index (χ1n) is 5.64. The average molecular weight is 307 g/mol. The lowest BCUT2D eigenvalue weighted by molar-refractivity contribution is 0.310. The highest BCUT2D eigenvalue weighted by atomic mass is 79.9. The average Bonchev–Trinajstić information content (AvgIpc) is 2.32. The van der Waals surface area contributed by atoms with Crippen LogP contribution in [-0.2, 0) is 13.1 Å². The van der Waals surface area contributed by atoms with Crippen molar-refractivity contribution in [2.75, 3.05) is 12.8 Å². The molecule has 1 aromatic carbocycles. The van der Waals surface area contributed by atoms with Gasteiger partial charge in [0.05, 0.1) is 6.54 Å². The normalized spacial score (nSPS) is 10.8. The molecule has 0 radical (unpaired) electrons. The third-order valence-corrected chi connectivity index (χ3v) is 3.03.